The number of rotatable bonds is 8. The maximum Gasteiger partial charge on any atom is 0.269 e. The van der Waals surface area contributed by atoms with Crippen molar-refractivity contribution in [3.05, 3.63) is 47.9 Å². The van der Waals surface area contributed by atoms with Crippen molar-refractivity contribution < 1.29 is 9.59 Å². The number of hydrogen-bond acceptors (Lipinski definition) is 3. The molecule has 0 radical (unpaired) electrons. The average molecular weight is 314 g/mol. The van der Waals surface area contributed by atoms with Crippen LogP contribution in [0.3, 0.4) is 0 Å². The van der Waals surface area contributed by atoms with E-state index in [4.69, 9.17) is 5.73 Å². The second kappa shape index (κ2) is 8.12. The number of nitrogens with zero attached hydrogens (tertiary/aromatic N) is 2. The number of amides is 2. The molecule has 0 spiro atoms. The van der Waals surface area contributed by atoms with Crippen LogP contribution in [-0.4, -0.2) is 21.4 Å². The van der Waals surface area contributed by atoms with Crippen LogP contribution >= 0.6 is 0 Å². The van der Waals surface area contributed by atoms with Crippen molar-refractivity contribution in [1.82, 2.24) is 9.55 Å². The van der Waals surface area contributed by atoms with Crippen LogP contribution in [0.2, 0.25) is 0 Å². The molecule has 1 aromatic carbocycles. The minimum Gasteiger partial charge on any atom is -0.364 e. The van der Waals surface area contributed by atoms with Gasteiger partial charge in [-0.05, 0) is 24.8 Å². The largest absolute Gasteiger partial charge is 0.364 e. The molecular weight excluding hydrogens is 292 g/mol. The molecule has 3 N–H and O–H groups in total. The van der Waals surface area contributed by atoms with Gasteiger partial charge in [0.1, 0.15) is 0 Å². The molecule has 0 atom stereocenters. The van der Waals surface area contributed by atoms with Crippen LogP contribution in [0.4, 0.5) is 5.82 Å². The quantitative estimate of drug-likeness (QED) is 0.783. The molecule has 2 aromatic rings. The minimum atomic E-state index is -0.589. The van der Waals surface area contributed by atoms with Gasteiger partial charge in [0, 0.05) is 13.0 Å². The van der Waals surface area contributed by atoms with E-state index in [9.17, 15) is 9.59 Å². The number of anilines is 1. The molecule has 0 aliphatic carbocycles. The standard InChI is InChI=1S/C17H22N4O2/c1-2-7-14(22)20-17-15(16(18)23)21(12-19-17)11-6-10-13-8-4-3-5-9-13/h3-5,8-9,12H,2,6-7,10-11H2,1H3,(H2,18,23)(H,20,22). The van der Waals surface area contributed by atoms with Gasteiger partial charge in [-0.15, -0.1) is 0 Å². The highest BCUT2D eigenvalue weighted by Gasteiger charge is 2.17. The van der Waals surface area contributed by atoms with Gasteiger partial charge in [-0.1, -0.05) is 37.3 Å². The lowest BCUT2D eigenvalue weighted by Gasteiger charge is -2.08. The first-order chi connectivity index (χ1) is 11.1. The summed E-state index contributed by atoms with van der Waals surface area (Å²) in [7, 11) is 0. The topological polar surface area (TPSA) is 90.0 Å². The molecule has 0 bridgehead atoms. The Morgan fingerprint density at radius 3 is 2.65 bits per heavy atom. The first kappa shape index (κ1) is 16.7. The summed E-state index contributed by atoms with van der Waals surface area (Å²) in [6.45, 7) is 2.53. The van der Waals surface area contributed by atoms with Gasteiger partial charge in [0.2, 0.25) is 5.91 Å². The third kappa shape index (κ3) is 4.67. The van der Waals surface area contributed by atoms with Gasteiger partial charge in [0.05, 0.1) is 6.33 Å². The number of imidazole rings is 1. The van der Waals surface area contributed by atoms with Gasteiger partial charge in [0.25, 0.3) is 5.91 Å². The zero-order valence-corrected chi connectivity index (χ0v) is 13.3. The predicted octanol–water partition coefficient (Wildman–Crippen LogP) is 2.35. The summed E-state index contributed by atoms with van der Waals surface area (Å²) in [5, 5.41) is 2.65. The van der Waals surface area contributed by atoms with E-state index in [1.54, 1.807) is 10.9 Å². The maximum atomic E-state index is 11.7. The molecule has 0 fully saturated rings. The van der Waals surface area contributed by atoms with Crippen LogP contribution in [0, 0.1) is 0 Å². The van der Waals surface area contributed by atoms with Crippen LogP contribution < -0.4 is 11.1 Å². The summed E-state index contributed by atoms with van der Waals surface area (Å²) in [6.07, 6.45) is 4.42. The second-order valence-electron chi connectivity index (χ2n) is 5.39. The monoisotopic (exact) mass is 314 g/mol. The summed E-state index contributed by atoms with van der Waals surface area (Å²) in [4.78, 5) is 27.5. The van der Waals surface area contributed by atoms with Crippen LogP contribution in [0.1, 0.15) is 42.2 Å². The van der Waals surface area contributed by atoms with Crippen molar-refractivity contribution in [3.8, 4) is 0 Å². The SMILES string of the molecule is CCCC(=O)Nc1ncn(CCCc2ccccc2)c1C(N)=O. The molecule has 2 rings (SSSR count). The summed E-state index contributed by atoms with van der Waals surface area (Å²) in [5.74, 6) is -0.505. The van der Waals surface area contributed by atoms with E-state index in [0.717, 1.165) is 19.3 Å². The molecule has 122 valence electrons. The fourth-order valence-corrected chi connectivity index (χ4v) is 2.42. The van der Waals surface area contributed by atoms with E-state index in [1.807, 2.05) is 25.1 Å². The lowest BCUT2D eigenvalue weighted by Crippen LogP contribution is -2.21. The molecule has 1 aromatic heterocycles. The molecule has 0 aliphatic heterocycles. The summed E-state index contributed by atoms with van der Waals surface area (Å²) < 4.78 is 1.70. The minimum absolute atomic E-state index is 0.162. The van der Waals surface area contributed by atoms with Crippen LogP contribution in [0.25, 0.3) is 0 Å². The summed E-state index contributed by atoms with van der Waals surface area (Å²) >= 11 is 0. The molecule has 2 amide bonds. The number of aryl methyl sites for hydroxylation is 2. The lowest BCUT2D eigenvalue weighted by atomic mass is 10.1. The van der Waals surface area contributed by atoms with Crippen molar-refractivity contribution in [2.24, 2.45) is 5.73 Å². The van der Waals surface area contributed by atoms with Gasteiger partial charge in [-0.3, -0.25) is 9.59 Å². The van der Waals surface area contributed by atoms with E-state index in [2.05, 4.69) is 22.4 Å². The number of primary amides is 1. The van der Waals surface area contributed by atoms with Crippen molar-refractivity contribution in [3.63, 3.8) is 0 Å². The highest BCUT2D eigenvalue weighted by atomic mass is 16.2. The van der Waals surface area contributed by atoms with Gasteiger partial charge in [-0.2, -0.15) is 0 Å². The van der Waals surface area contributed by atoms with Crippen molar-refractivity contribution >= 4 is 17.6 Å². The van der Waals surface area contributed by atoms with Gasteiger partial charge in [-0.25, -0.2) is 4.98 Å². The Hall–Kier alpha value is -2.63. The Labute approximate surface area is 135 Å². The highest BCUT2D eigenvalue weighted by Crippen LogP contribution is 2.15. The fraction of sp³-hybridized carbons (Fsp3) is 0.353. The normalized spacial score (nSPS) is 10.5. The second-order valence-corrected chi connectivity index (χ2v) is 5.39. The molecule has 0 saturated carbocycles. The summed E-state index contributed by atoms with van der Waals surface area (Å²) in [5.41, 5.74) is 6.93. The smallest absolute Gasteiger partial charge is 0.269 e. The Morgan fingerprint density at radius 2 is 2.00 bits per heavy atom. The van der Waals surface area contributed by atoms with E-state index >= 15 is 0 Å². The van der Waals surface area contributed by atoms with Crippen LogP contribution in [-0.2, 0) is 17.8 Å². The van der Waals surface area contributed by atoms with E-state index < -0.39 is 5.91 Å². The maximum absolute atomic E-state index is 11.7. The number of carbonyl (C=O) groups excluding carboxylic acids is 2. The number of carbonyl (C=O) groups is 2. The molecular formula is C17H22N4O2. The highest BCUT2D eigenvalue weighted by molar-refractivity contribution is 6.00. The molecule has 0 aliphatic rings. The zero-order chi connectivity index (χ0) is 16.7. The fourth-order valence-electron chi connectivity index (χ4n) is 2.42. The number of nitrogens with two attached hydrogens (primary N) is 1. The Kier molecular flexibility index (Phi) is 5.91. The third-order valence-corrected chi connectivity index (χ3v) is 3.51. The van der Waals surface area contributed by atoms with Crippen LogP contribution in [0.15, 0.2) is 36.7 Å². The first-order valence-electron chi connectivity index (χ1n) is 7.80. The lowest BCUT2D eigenvalue weighted by molar-refractivity contribution is -0.116. The Bertz CT molecular complexity index is 664. The number of hydrogen-bond donors (Lipinski definition) is 2. The Balaban J connectivity index is 2.02. The molecule has 1 heterocycles. The Morgan fingerprint density at radius 1 is 1.26 bits per heavy atom. The van der Waals surface area contributed by atoms with E-state index in [-0.39, 0.29) is 17.4 Å². The van der Waals surface area contributed by atoms with Gasteiger partial charge in [0.15, 0.2) is 11.5 Å². The molecule has 6 heteroatoms. The number of benzene rings is 1. The van der Waals surface area contributed by atoms with Gasteiger partial charge >= 0.3 is 0 Å². The van der Waals surface area contributed by atoms with Gasteiger partial charge < -0.3 is 15.6 Å². The van der Waals surface area contributed by atoms with E-state index in [0.29, 0.717) is 13.0 Å². The van der Waals surface area contributed by atoms with Crippen molar-refractivity contribution in [2.75, 3.05) is 5.32 Å². The zero-order valence-electron chi connectivity index (χ0n) is 13.3. The summed E-state index contributed by atoms with van der Waals surface area (Å²) in [6, 6.07) is 10.1. The van der Waals surface area contributed by atoms with Crippen molar-refractivity contribution in [2.45, 2.75) is 39.2 Å². The molecule has 6 nitrogen and oxygen atoms in total. The first-order valence-corrected chi connectivity index (χ1v) is 7.80. The molecule has 0 unspecified atom stereocenters. The molecule has 23 heavy (non-hydrogen) atoms. The predicted molar refractivity (Wildman–Crippen MR) is 89.0 cm³/mol. The van der Waals surface area contributed by atoms with E-state index in [1.165, 1.54) is 5.56 Å². The third-order valence-electron chi connectivity index (χ3n) is 3.51. The molecule has 0 saturated heterocycles. The van der Waals surface area contributed by atoms with Crippen LogP contribution in [0.5, 0.6) is 0 Å². The van der Waals surface area contributed by atoms with Crippen molar-refractivity contribution in [1.29, 1.82) is 0 Å². The number of nitrogens with one attached hydrogen (secondary N) is 1. The average Bonchev–Trinajstić information content (AvgIpc) is 2.91. The number of aromatic nitrogens is 2.